The Morgan fingerprint density at radius 3 is 2.92 bits per heavy atom. The van der Waals surface area contributed by atoms with Crippen molar-refractivity contribution in [2.24, 2.45) is 11.8 Å². The van der Waals surface area contributed by atoms with Crippen molar-refractivity contribution in [3.8, 4) is 6.07 Å². The Labute approximate surface area is 74.6 Å². The van der Waals surface area contributed by atoms with Gasteiger partial charge in [0.1, 0.15) is 12.0 Å². The zero-order valence-corrected chi connectivity index (χ0v) is 6.91. The molecule has 12 heavy (non-hydrogen) atoms. The summed E-state index contributed by atoms with van der Waals surface area (Å²) in [7, 11) is 0. The number of nitrogens with zero attached hydrogens (tertiary/aromatic N) is 1. The van der Waals surface area contributed by atoms with Gasteiger partial charge >= 0.3 is 5.97 Å². The lowest BCUT2D eigenvalue weighted by Crippen LogP contribution is -2.41. The highest BCUT2D eigenvalue weighted by molar-refractivity contribution is 6.31. The molecule has 3 nitrogen and oxygen atoms in total. The molecule has 1 aliphatic carbocycles. The minimum atomic E-state index is -0.526. The molecule has 1 fully saturated rings. The Morgan fingerprint density at radius 2 is 2.50 bits per heavy atom. The standard InChI is InChI=1S/C8H6ClNO2/c9-6-2-5-1-4(3-10)7(6)8(11)12-5/h2,4-5,7H,1H2/t4-,5+,7-/m1/s1. The number of rotatable bonds is 0. The van der Waals surface area contributed by atoms with Crippen LogP contribution >= 0.6 is 11.6 Å². The van der Waals surface area contributed by atoms with Crippen molar-refractivity contribution in [1.29, 1.82) is 5.26 Å². The third kappa shape index (κ3) is 0.919. The summed E-state index contributed by atoms with van der Waals surface area (Å²) in [5.74, 6) is -1.18. The van der Waals surface area contributed by atoms with Crippen LogP contribution in [0, 0.1) is 23.2 Å². The predicted octanol–water partition coefficient (Wildman–Crippen LogP) is 1.19. The van der Waals surface area contributed by atoms with E-state index in [1.165, 1.54) is 0 Å². The van der Waals surface area contributed by atoms with Crippen molar-refractivity contribution in [3.63, 3.8) is 0 Å². The summed E-state index contributed by atoms with van der Waals surface area (Å²) in [4.78, 5) is 11.1. The Bertz CT molecular complexity index is 305. The first kappa shape index (κ1) is 7.63. The van der Waals surface area contributed by atoms with Crippen molar-refractivity contribution >= 4 is 17.6 Å². The first-order chi connectivity index (χ1) is 5.72. The molecular formula is C8H6ClNO2. The number of ether oxygens (including phenoxy) is 1. The first-order valence-corrected chi connectivity index (χ1v) is 4.07. The predicted molar refractivity (Wildman–Crippen MR) is 41.0 cm³/mol. The summed E-state index contributed by atoms with van der Waals surface area (Å²) in [5, 5.41) is 9.17. The number of hydrogen-bond acceptors (Lipinski definition) is 3. The third-order valence-electron chi connectivity index (χ3n) is 2.22. The van der Waals surface area contributed by atoms with Crippen LogP contribution in [0.15, 0.2) is 11.1 Å². The molecule has 0 N–H and O–H groups in total. The molecule has 0 spiro atoms. The molecule has 2 heterocycles. The van der Waals surface area contributed by atoms with Crippen molar-refractivity contribution < 1.29 is 9.53 Å². The average Bonchev–Trinajstić information content (AvgIpc) is 2.02. The van der Waals surface area contributed by atoms with Crippen LogP contribution in [0.5, 0.6) is 0 Å². The topological polar surface area (TPSA) is 50.1 Å². The van der Waals surface area contributed by atoms with Crippen LogP contribution in [0.25, 0.3) is 0 Å². The van der Waals surface area contributed by atoms with E-state index in [1.807, 2.05) is 0 Å². The number of halogens is 1. The van der Waals surface area contributed by atoms with E-state index >= 15 is 0 Å². The summed E-state index contributed by atoms with van der Waals surface area (Å²) >= 11 is 5.79. The zero-order chi connectivity index (χ0) is 8.72. The van der Waals surface area contributed by atoms with Crippen LogP contribution in [-0.4, -0.2) is 12.1 Å². The van der Waals surface area contributed by atoms with E-state index in [2.05, 4.69) is 6.07 Å². The number of carbonyl (C=O) groups excluding carboxylic acids is 1. The maximum absolute atomic E-state index is 11.1. The van der Waals surface area contributed by atoms with Crippen LogP contribution in [0.2, 0.25) is 0 Å². The van der Waals surface area contributed by atoms with Crippen molar-refractivity contribution in [2.45, 2.75) is 12.5 Å². The maximum atomic E-state index is 11.1. The SMILES string of the molecule is N#C[C@H]1C[C@H]2C=C(Cl)[C@@H]1C(=O)O2. The number of fused-ring (bicyclic) bond motifs is 2. The van der Waals surface area contributed by atoms with Gasteiger partial charge in [0.25, 0.3) is 0 Å². The van der Waals surface area contributed by atoms with E-state index < -0.39 is 5.92 Å². The molecule has 4 heteroatoms. The van der Waals surface area contributed by atoms with E-state index in [4.69, 9.17) is 21.6 Å². The van der Waals surface area contributed by atoms with Gasteiger partial charge in [0.05, 0.1) is 12.0 Å². The van der Waals surface area contributed by atoms with E-state index in [9.17, 15) is 4.79 Å². The Kier molecular flexibility index (Phi) is 1.59. The second-order valence-corrected chi connectivity index (χ2v) is 3.41. The summed E-state index contributed by atoms with van der Waals surface area (Å²) in [6, 6.07) is 2.07. The van der Waals surface area contributed by atoms with E-state index in [1.54, 1.807) is 6.08 Å². The highest BCUT2D eigenvalue weighted by Gasteiger charge is 2.44. The van der Waals surface area contributed by atoms with E-state index in [0.717, 1.165) is 0 Å². The first-order valence-electron chi connectivity index (χ1n) is 3.69. The highest BCUT2D eigenvalue weighted by atomic mass is 35.5. The molecule has 0 unspecified atom stereocenters. The number of nitriles is 1. The van der Waals surface area contributed by atoms with Gasteiger partial charge in [0, 0.05) is 11.5 Å². The molecule has 1 saturated heterocycles. The normalized spacial score (nSPS) is 38.5. The van der Waals surface area contributed by atoms with Gasteiger partial charge in [-0.25, -0.2) is 0 Å². The molecule has 3 rings (SSSR count). The molecule has 0 aromatic heterocycles. The smallest absolute Gasteiger partial charge is 0.316 e. The van der Waals surface area contributed by atoms with Gasteiger partial charge in [0.15, 0.2) is 0 Å². The average molecular weight is 184 g/mol. The van der Waals surface area contributed by atoms with Gasteiger partial charge in [-0.2, -0.15) is 5.26 Å². The van der Waals surface area contributed by atoms with Gasteiger partial charge in [-0.15, -0.1) is 0 Å². The fourth-order valence-electron chi connectivity index (χ4n) is 1.64. The molecule has 62 valence electrons. The fraction of sp³-hybridized carbons (Fsp3) is 0.500. The van der Waals surface area contributed by atoms with Crippen LogP contribution in [-0.2, 0) is 9.53 Å². The lowest BCUT2D eigenvalue weighted by atomic mass is 9.81. The Hall–Kier alpha value is -1.01. The van der Waals surface area contributed by atoms with E-state index in [-0.39, 0.29) is 18.0 Å². The molecule has 2 bridgehead atoms. The second kappa shape index (κ2) is 2.49. The minimum absolute atomic E-state index is 0.278. The Balaban J connectivity index is 2.38. The minimum Gasteiger partial charge on any atom is -0.458 e. The van der Waals surface area contributed by atoms with Crippen LogP contribution in [0.3, 0.4) is 0 Å². The van der Waals surface area contributed by atoms with Crippen molar-refractivity contribution in [1.82, 2.24) is 0 Å². The highest BCUT2D eigenvalue weighted by Crippen LogP contribution is 2.39. The lowest BCUT2D eigenvalue weighted by molar-refractivity contribution is -0.159. The maximum Gasteiger partial charge on any atom is 0.316 e. The fourth-order valence-corrected chi connectivity index (χ4v) is 2.02. The summed E-state index contributed by atoms with van der Waals surface area (Å²) in [5.41, 5.74) is 0. The molecule has 0 aromatic rings. The molecule has 0 radical (unpaired) electrons. The quantitative estimate of drug-likeness (QED) is 0.530. The largest absolute Gasteiger partial charge is 0.458 e. The Morgan fingerprint density at radius 1 is 1.75 bits per heavy atom. The molecule has 0 aromatic carbocycles. The molecule has 3 aliphatic rings. The molecule has 2 aliphatic heterocycles. The molecular weight excluding hydrogens is 178 g/mol. The van der Waals surface area contributed by atoms with Gasteiger partial charge in [-0.1, -0.05) is 11.6 Å². The molecule has 0 amide bonds. The summed E-state index contributed by atoms with van der Waals surface area (Å²) in [6.45, 7) is 0. The van der Waals surface area contributed by atoms with Crippen molar-refractivity contribution in [2.75, 3.05) is 0 Å². The molecule has 3 atom stereocenters. The van der Waals surface area contributed by atoms with Crippen LogP contribution < -0.4 is 0 Å². The number of esters is 1. The van der Waals surface area contributed by atoms with Crippen molar-refractivity contribution in [3.05, 3.63) is 11.1 Å². The van der Waals surface area contributed by atoms with Gasteiger partial charge in [-0.05, 0) is 6.08 Å². The summed E-state index contributed by atoms with van der Waals surface area (Å²) in [6.07, 6.45) is 2.02. The van der Waals surface area contributed by atoms with Crippen LogP contribution in [0.4, 0.5) is 0 Å². The number of hydrogen-bond donors (Lipinski definition) is 0. The van der Waals surface area contributed by atoms with E-state index in [0.29, 0.717) is 11.5 Å². The van der Waals surface area contributed by atoms with Gasteiger partial charge in [0.2, 0.25) is 0 Å². The number of carbonyl (C=O) groups is 1. The van der Waals surface area contributed by atoms with Crippen LogP contribution in [0.1, 0.15) is 6.42 Å². The third-order valence-corrected chi connectivity index (χ3v) is 2.58. The molecule has 0 saturated carbocycles. The summed E-state index contributed by atoms with van der Waals surface area (Å²) < 4.78 is 4.94. The van der Waals surface area contributed by atoms with Gasteiger partial charge in [-0.3, -0.25) is 4.79 Å². The lowest BCUT2D eigenvalue weighted by Gasteiger charge is -2.35. The van der Waals surface area contributed by atoms with Gasteiger partial charge < -0.3 is 4.74 Å². The monoisotopic (exact) mass is 183 g/mol. The second-order valence-electron chi connectivity index (χ2n) is 2.98. The zero-order valence-electron chi connectivity index (χ0n) is 6.16.